The van der Waals surface area contributed by atoms with Gasteiger partial charge in [0, 0.05) is 16.7 Å². The van der Waals surface area contributed by atoms with Gasteiger partial charge in [-0.1, -0.05) is 32.0 Å². The molecule has 3 nitrogen and oxygen atoms in total. The standard InChI is InChI=1S/C14H19N3S/c1-4-15-10(2)11(3)18-14-12-7-5-6-8-13(12)16-9-17-14/h5-11,15H,4H2,1-3H3. The Kier molecular flexibility index (Phi) is 4.55. The van der Waals surface area contributed by atoms with Crippen molar-refractivity contribution in [2.45, 2.75) is 37.1 Å². The summed E-state index contributed by atoms with van der Waals surface area (Å²) in [6.07, 6.45) is 1.65. The molecule has 0 bridgehead atoms. The van der Waals surface area contributed by atoms with Crippen molar-refractivity contribution >= 4 is 22.7 Å². The Bertz CT molecular complexity index is 510. The van der Waals surface area contributed by atoms with Crippen molar-refractivity contribution in [1.29, 1.82) is 0 Å². The summed E-state index contributed by atoms with van der Waals surface area (Å²) >= 11 is 1.81. The molecule has 0 spiro atoms. The lowest BCUT2D eigenvalue weighted by atomic mass is 10.2. The molecule has 18 heavy (non-hydrogen) atoms. The molecule has 0 fully saturated rings. The summed E-state index contributed by atoms with van der Waals surface area (Å²) in [5.41, 5.74) is 1.01. The molecule has 2 atom stereocenters. The highest BCUT2D eigenvalue weighted by molar-refractivity contribution is 8.00. The highest BCUT2D eigenvalue weighted by atomic mass is 32.2. The molecule has 0 amide bonds. The molecule has 4 heteroatoms. The topological polar surface area (TPSA) is 37.8 Å². The van der Waals surface area contributed by atoms with E-state index in [0.29, 0.717) is 11.3 Å². The van der Waals surface area contributed by atoms with Gasteiger partial charge in [-0.05, 0) is 19.5 Å². The summed E-state index contributed by atoms with van der Waals surface area (Å²) in [5.74, 6) is 0. The van der Waals surface area contributed by atoms with Crippen LogP contribution in [0.1, 0.15) is 20.8 Å². The predicted octanol–water partition coefficient (Wildman–Crippen LogP) is 3.11. The van der Waals surface area contributed by atoms with E-state index in [4.69, 9.17) is 0 Å². The van der Waals surface area contributed by atoms with Crippen LogP contribution in [-0.2, 0) is 0 Å². The Morgan fingerprint density at radius 3 is 2.78 bits per heavy atom. The number of aromatic nitrogens is 2. The minimum Gasteiger partial charge on any atom is -0.313 e. The van der Waals surface area contributed by atoms with Gasteiger partial charge >= 0.3 is 0 Å². The van der Waals surface area contributed by atoms with E-state index in [-0.39, 0.29) is 0 Å². The summed E-state index contributed by atoms with van der Waals surface area (Å²) in [7, 11) is 0. The van der Waals surface area contributed by atoms with Gasteiger partial charge in [0.15, 0.2) is 0 Å². The molecule has 0 radical (unpaired) electrons. The van der Waals surface area contributed by atoms with E-state index in [9.17, 15) is 0 Å². The Hall–Kier alpha value is -1.13. The molecule has 1 heterocycles. The van der Waals surface area contributed by atoms with Crippen molar-refractivity contribution in [3.8, 4) is 0 Å². The molecule has 2 rings (SSSR count). The average Bonchev–Trinajstić information content (AvgIpc) is 2.39. The third-order valence-corrected chi connectivity index (χ3v) is 4.36. The first-order valence-corrected chi connectivity index (χ1v) is 7.20. The van der Waals surface area contributed by atoms with E-state index in [2.05, 4.69) is 42.1 Å². The van der Waals surface area contributed by atoms with Crippen LogP contribution in [0.4, 0.5) is 0 Å². The van der Waals surface area contributed by atoms with E-state index in [1.54, 1.807) is 6.33 Å². The van der Waals surface area contributed by atoms with Crippen LogP contribution in [0.3, 0.4) is 0 Å². The quantitative estimate of drug-likeness (QED) is 0.663. The lowest BCUT2D eigenvalue weighted by Gasteiger charge is -2.20. The van der Waals surface area contributed by atoms with Crippen LogP contribution in [0.2, 0.25) is 0 Å². The Balaban J connectivity index is 2.21. The molecule has 1 N–H and O–H groups in total. The summed E-state index contributed by atoms with van der Waals surface area (Å²) < 4.78 is 0. The van der Waals surface area contributed by atoms with Crippen LogP contribution in [0, 0.1) is 0 Å². The maximum absolute atomic E-state index is 4.41. The minimum absolute atomic E-state index is 0.466. The Morgan fingerprint density at radius 1 is 1.22 bits per heavy atom. The summed E-state index contributed by atoms with van der Waals surface area (Å²) in [6, 6.07) is 8.62. The van der Waals surface area contributed by atoms with Crippen LogP contribution in [-0.4, -0.2) is 27.8 Å². The predicted molar refractivity (Wildman–Crippen MR) is 78.0 cm³/mol. The molecule has 2 unspecified atom stereocenters. The zero-order valence-corrected chi connectivity index (χ0v) is 11.9. The van der Waals surface area contributed by atoms with Crippen LogP contribution in [0.15, 0.2) is 35.6 Å². The lowest BCUT2D eigenvalue weighted by molar-refractivity contribution is 0.563. The summed E-state index contributed by atoms with van der Waals surface area (Å²) in [6.45, 7) is 7.57. The van der Waals surface area contributed by atoms with Gasteiger partial charge in [0.25, 0.3) is 0 Å². The fourth-order valence-corrected chi connectivity index (χ4v) is 2.90. The molecule has 0 saturated carbocycles. The van der Waals surface area contributed by atoms with E-state index >= 15 is 0 Å². The first-order valence-electron chi connectivity index (χ1n) is 6.32. The second-order valence-electron chi connectivity index (χ2n) is 4.37. The lowest BCUT2D eigenvalue weighted by Crippen LogP contribution is -2.33. The van der Waals surface area contributed by atoms with Gasteiger partial charge in [-0.15, -0.1) is 11.8 Å². The van der Waals surface area contributed by atoms with E-state index in [1.165, 1.54) is 0 Å². The number of para-hydroxylation sites is 1. The SMILES string of the molecule is CCNC(C)C(C)Sc1ncnc2ccccc12. The second kappa shape index (κ2) is 6.16. The fraction of sp³-hybridized carbons (Fsp3) is 0.429. The first kappa shape index (κ1) is 13.3. The molecule has 96 valence electrons. The Labute approximate surface area is 112 Å². The van der Waals surface area contributed by atoms with Crippen molar-refractivity contribution in [2.24, 2.45) is 0 Å². The Morgan fingerprint density at radius 2 is 2.00 bits per heavy atom. The highest BCUT2D eigenvalue weighted by Gasteiger charge is 2.14. The largest absolute Gasteiger partial charge is 0.313 e. The van der Waals surface area contributed by atoms with Gasteiger partial charge in [0.05, 0.1) is 5.52 Å². The van der Waals surface area contributed by atoms with Gasteiger partial charge in [-0.2, -0.15) is 0 Å². The molecule has 1 aromatic carbocycles. The third-order valence-electron chi connectivity index (χ3n) is 3.03. The average molecular weight is 261 g/mol. The first-order chi connectivity index (χ1) is 8.72. The van der Waals surface area contributed by atoms with Crippen molar-refractivity contribution in [1.82, 2.24) is 15.3 Å². The van der Waals surface area contributed by atoms with E-state index < -0.39 is 0 Å². The van der Waals surface area contributed by atoms with Gasteiger partial charge in [-0.25, -0.2) is 9.97 Å². The molecular weight excluding hydrogens is 242 g/mol. The molecule has 0 aliphatic heterocycles. The van der Waals surface area contributed by atoms with E-state index in [0.717, 1.165) is 22.5 Å². The van der Waals surface area contributed by atoms with Gasteiger partial charge in [0.1, 0.15) is 11.4 Å². The summed E-state index contributed by atoms with van der Waals surface area (Å²) in [4.78, 5) is 8.70. The smallest absolute Gasteiger partial charge is 0.117 e. The number of fused-ring (bicyclic) bond motifs is 1. The zero-order chi connectivity index (χ0) is 13.0. The van der Waals surface area contributed by atoms with Crippen molar-refractivity contribution in [3.63, 3.8) is 0 Å². The van der Waals surface area contributed by atoms with Crippen LogP contribution >= 0.6 is 11.8 Å². The van der Waals surface area contributed by atoms with Crippen molar-refractivity contribution in [3.05, 3.63) is 30.6 Å². The number of hydrogen-bond donors (Lipinski definition) is 1. The fourth-order valence-electron chi connectivity index (χ4n) is 1.84. The number of nitrogens with one attached hydrogen (secondary N) is 1. The normalized spacial score (nSPS) is 14.6. The number of thioether (sulfide) groups is 1. The highest BCUT2D eigenvalue weighted by Crippen LogP contribution is 2.28. The van der Waals surface area contributed by atoms with Crippen molar-refractivity contribution in [2.75, 3.05) is 6.54 Å². The van der Waals surface area contributed by atoms with Crippen LogP contribution < -0.4 is 5.32 Å². The van der Waals surface area contributed by atoms with E-state index in [1.807, 2.05) is 30.0 Å². The summed E-state index contributed by atoms with van der Waals surface area (Å²) in [5, 5.41) is 6.13. The van der Waals surface area contributed by atoms with Gasteiger partial charge in [-0.3, -0.25) is 0 Å². The van der Waals surface area contributed by atoms with Gasteiger partial charge < -0.3 is 5.32 Å². The minimum atomic E-state index is 0.466. The molecule has 0 saturated heterocycles. The maximum Gasteiger partial charge on any atom is 0.117 e. The number of benzene rings is 1. The van der Waals surface area contributed by atoms with Crippen LogP contribution in [0.5, 0.6) is 0 Å². The number of hydrogen-bond acceptors (Lipinski definition) is 4. The number of rotatable bonds is 5. The molecule has 0 aliphatic rings. The monoisotopic (exact) mass is 261 g/mol. The zero-order valence-electron chi connectivity index (χ0n) is 11.1. The molecule has 0 aliphatic carbocycles. The van der Waals surface area contributed by atoms with Crippen molar-refractivity contribution < 1.29 is 0 Å². The molecular formula is C14H19N3S. The molecule has 1 aromatic heterocycles. The maximum atomic E-state index is 4.41. The van der Waals surface area contributed by atoms with Crippen LogP contribution in [0.25, 0.3) is 10.9 Å². The second-order valence-corrected chi connectivity index (χ2v) is 5.73. The van der Waals surface area contributed by atoms with Gasteiger partial charge in [0.2, 0.25) is 0 Å². The number of nitrogens with zero attached hydrogens (tertiary/aromatic N) is 2. The third kappa shape index (κ3) is 3.00. The molecule has 2 aromatic rings.